The molecule has 0 aliphatic carbocycles. The quantitative estimate of drug-likeness (QED) is 0.758. The van der Waals surface area contributed by atoms with Crippen LogP contribution in [0.5, 0.6) is 17.2 Å². The summed E-state index contributed by atoms with van der Waals surface area (Å²) in [5.41, 5.74) is 0.796. The van der Waals surface area contributed by atoms with Crippen molar-refractivity contribution in [3.8, 4) is 17.2 Å². The molecule has 0 unspecified atom stereocenters. The second kappa shape index (κ2) is 8.39. The molecule has 2 aromatic carbocycles. The van der Waals surface area contributed by atoms with E-state index >= 15 is 0 Å². The van der Waals surface area contributed by atoms with Crippen LogP contribution in [0, 0.1) is 0 Å². The van der Waals surface area contributed by atoms with E-state index in [1.54, 1.807) is 42.5 Å². The number of carbonyl (C=O) groups excluding carboxylic acids is 1. The van der Waals surface area contributed by atoms with Gasteiger partial charge >= 0.3 is 0 Å². The molecule has 1 N–H and O–H groups in total. The molecule has 0 saturated heterocycles. The average Bonchev–Trinajstić information content (AvgIpc) is 2.66. The zero-order chi connectivity index (χ0) is 20.1. The molecule has 0 bridgehead atoms. The smallest absolute Gasteiger partial charge is 0.245 e. The Morgan fingerprint density at radius 2 is 1.86 bits per heavy atom. The van der Waals surface area contributed by atoms with Gasteiger partial charge in [-0.2, -0.15) is 0 Å². The number of rotatable bonds is 7. The number of benzene rings is 2. The minimum Gasteiger partial charge on any atom is -0.492 e. The molecule has 9 heteroatoms. The molecule has 2 aromatic rings. The SMILES string of the molecule is CCOc1ccccc1NC(=O)CN(c1ccc2c(c1)OCCO2)S(C)(=O)=O. The van der Waals surface area contributed by atoms with Gasteiger partial charge < -0.3 is 19.5 Å². The van der Waals surface area contributed by atoms with E-state index in [1.165, 1.54) is 0 Å². The molecule has 0 atom stereocenters. The van der Waals surface area contributed by atoms with Gasteiger partial charge in [0.05, 0.1) is 24.2 Å². The van der Waals surface area contributed by atoms with Gasteiger partial charge in [-0.15, -0.1) is 0 Å². The highest BCUT2D eigenvalue weighted by Crippen LogP contribution is 2.34. The second-order valence-corrected chi connectivity index (χ2v) is 7.98. The number of anilines is 2. The highest BCUT2D eigenvalue weighted by Gasteiger charge is 2.23. The molecule has 150 valence electrons. The molecule has 0 saturated carbocycles. The highest BCUT2D eigenvalue weighted by atomic mass is 32.2. The Bertz CT molecular complexity index is 961. The van der Waals surface area contributed by atoms with Crippen molar-refractivity contribution in [3.05, 3.63) is 42.5 Å². The van der Waals surface area contributed by atoms with Gasteiger partial charge in [0.2, 0.25) is 15.9 Å². The standard InChI is InChI=1S/C19H22N2O6S/c1-3-25-16-7-5-4-6-15(16)20-19(22)13-21(28(2,23)24)14-8-9-17-18(12-14)27-11-10-26-17/h4-9,12H,3,10-11,13H2,1-2H3,(H,20,22). The summed E-state index contributed by atoms with van der Waals surface area (Å²) in [5.74, 6) is 1.01. The second-order valence-electron chi connectivity index (χ2n) is 6.07. The average molecular weight is 406 g/mol. The highest BCUT2D eigenvalue weighted by molar-refractivity contribution is 7.92. The summed E-state index contributed by atoms with van der Waals surface area (Å²) in [6, 6.07) is 11.7. The van der Waals surface area contributed by atoms with E-state index in [9.17, 15) is 13.2 Å². The molecule has 0 spiro atoms. The summed E-state index contributed by atoms with van der Waals surface area (Å²) in [6.07, 6.45) is 1.05. The summed E-state index contributed by atoms with van der Waals surface area (Å²) in [5, 5.41) is 2.70. The Balaban J connectivity index is 1.81. The van der Waals surface area contributed by atoms with Crippen molar-refractivity contribution in [2.45, 2.75) is 6.92 Å². The Morgan fingerprint density at radius 3 is 2.57 bits per heavy atom. The Morgan fingerprint density at radius 1 is 1.14 bits per heavy atom. The van der Waals surface area contributed by atoms with Crippen LogP contribution in [0.1, 0.15) is 6.92 Å². The maximum atomic E-state index is 12.6. The number of sulfonamides is 1. The van der Waals surface area contributed by atoms with Crippen molar-refractivity contribution in [2.24, 2.45) is 0 Å². The maximum absolute atomic E-state index is 12.6. The van der Waals surface area contributed by atoms with Gasteiger partial charge in [0.25, 0.3) is 0 Å². The van der Waals surface area contributed by atoms with E-state index in [4.69, 9.17) is 14.2 Å². The van der Waals surface area contributed by atoms with E-state index in [-0.39, 0.29) is 6.54 Å². The van der Waals surface area contributed by atoms with Crippen molar-refractivity contribution >= 4 is 27.3 Å². The van der Waals surface area contributed by atoms with E-state index in [0.717, 1.165) is 10.6 Å². The van der Waals surface area contributed by atoms with Gasteiger partial charge in [-0.1, -0.05) is 12.1 Å². The molecule has 1 heterocycles. The number of amides is 1. The van der Waals surface area contributed by atoms with Crippen LogP contribution in [0.3, 0.4) is 0 Å². The molecule has 1 aliphatic rings. The van der Waals surface area contributed by atoms with Crippen molar-refractivity contribution in [1.29, 1.82) is 0 Å². The molecule has 0 radical (unpaired) electrons. The molecule has 1 aliphatic heterocycles. The van der Waals surface area contributed by atoms with Crippen molar-refractivity contribution in [2.75, 3.05) is 42.2 Å². The fourth-order valence-electron chi connectivity index (χ4n) is 2.76. The van der Waals surface area contributed by atoms with E-state index in [1.807, 2.05) is 6.92 Å². The van der Waals surface area contributed by atoms with Crippen LogP contribution in [0.15, 0.2) is 42.5 Å². The fraction of sp³-hybridized carbons (Fsp3) is 0.316. The van der Waals surface area contributed by atoms with Gasteiger partial charge in [0.15, 0.2) is 11.5 Å². The minimum absolute atomic E-state index is 0.319. The number of nitrogens with zero attached hydrogens (tertiary/aromatic N) is 1. The van der Waals surface area contributed by atoms with Gasteiger partial charge in [-0.3, -0.25) is 9.10 Å². The Labute approximate surface area is 164 Å². The summed E-state index contributed by atoms with van der Waals surface area (Å²) in [6.45, 7) is 2.71. The summed E-state index contributed by atoms with van der Waals surface area (Å²) >= 11 is 0. The van der Waals surface area contributed by atoms with Gasteiger partial charge in [-0.05, 0) is 31.2 Å². The summed E-state index contributed by atoms with van der Waals surface area (Å²) in [4.78, 5) is 12.6. The van der Waals surface area contributed by atoms with Crippen LogP contribution in [-0.4, -0.2) is 46.9 Å². The van der Waals surface area contributed by atoms with Crippen molar-refractivity contribution in [1.82, 2.24) is 0 Å². The fourth-order valence-corrected chi connectivity index (χ4v) is 3.61. The van der Waals surface area contributed by atoms with Crippen LogP contribution in [0.25, 0.3) is 0 Å². The lowest BCUT2D eigenvalue weighted by Crippen LogP contribution is -2.37. The molecule has 3 rings (SSSR count). The number of carbonyl (C=O) groups is 1. The number of hydrogen-bond donors (Lipinski definition) is 1. The first-order valence-electron chi connectivity index (χ1n) is 8.77. The molecule has 0 aromatic heterocycles. The maximum Gasteiger partial charge on any atom is 0.245 e. The van der Waals surface area contributed by atoms with Gasteiger partial charge in [-0.25, -0.2) is 8.42 Å². The first kappa shape index (κ1) is 19.8. The van der Waals surface area contributed by atoms with Crippen LogP contribution >= 0.6 is 0 Å². The third-order valence-electron chi connectivity index (χ3n) is 3.96. The monoisotopic (exact) mass is 406 g/mol. The molecular formula is C19H22N2O6S. The molecular weight excluding hydrogens is 384 g/mol. The van der Waals surface area contributed by atoms with E-state index in [2.05, 4.69) is 5.32 Å². The lowest BCUT2D eigenvalue weighted by Gasteiger charge is -2.25. The largest absolute Gasteiger partial charge is 0.492 e. The van der Waals surface area contributed by atoms with Gasteiger partial charge in [0.1, 0.15) is 25.5 Å². The number of fused-ring (bicyclic) bond motifs is 1. The summed E-state index contributed by atoms with van der Waals surface area (Å²) in [7, 11) is -3.71. The van der Waals surface area contributed by atoms with Crippen LogP contribution in [-0.2, 0) is 14.8 Å². The predicted molar refractivity (Wildman–Crippen MR) is 106 cm³/mol. The topological polar surface area (TPSA) is 94.2 Å². The zero-order valence-corrected chi connectivity index (χ0v) is 16.5. The predicted octanol–water partition coefficient (Wildman–Crippen LogP) is 2.26. The lowest BCUT2D eigenvalue weighted by atomic mass is 10.2. The van der Waals surface area contributed by atoms with Crippen LogP contribution in [0.2, 0.25) is 0 Å². The third-order valence-corrected chi connectivity index (χ3v) is 5.10. The first-order valence-corrected chi connectivity index (χ1v) is 10.6. The third kappa shape index (κ3) is 4.66. The number of para-hydroxylation sites is 2. The molecule has 0 fully saturated rings. The van der Waals surface area contributed by atoms with E-state index in [0.29, 0.717) is 48.4 Å². The first-order chi connectivity index (χ1) is 13.4. The van der Waals surface area contributed by atoms with Gasteiger partial charge in [0, 0.05) is 6.07 Å². The normalized spacial score (nSPS) is 12.9. The Hall–Kier alpha value is -2.94. The molecule has 8 nitrogen and oxygen atoms in total. The zero-order valence-electron chi connectivity index (χ0n) is 15.7. The minimum atomic E-state index is -3.71. The lowest BCUT2D eigenvalue weighted by molar-refractivity contribution is -0.114. The number of ether oxygens (including phenoxy) is 3. The van der Waals surface area contributed by atoms with Crippen LogP contribution in [0.4, 0.5) is 11.4 Å². The summed E-state index contributed by atoms with van der Waals surface area (Å²) < 4.78 is 42.1. The van der Waals surface area contributed by atoms with Crippen molar-refractivity contribution in [3.63, 3.8) is 0 Å². The Kier molecular flexibility index (Phi) is 5.93. The van der Waals surface area contributed by atoms with Crippen LogP contribution < -0.4 is 23.8 Å². The molecule has 1 amide bonds. The number of hydrogen-bond acceptors (Lipinski definition) is 6. The molecule has 28 heavy (non-hydrogen) atoms. The van der Waals surface area contributed by atoms with E-state index < -0.39 is 15.9 Å². The number of nitrogens with one attached hydrogen (secondary N) is 1. The van der Waals surface area contributed by atoms with Crippen molar-refractivity contribution < 1.29 is 27.4 Å².